The van der Waals surface area contributed by atoms with Crippen molar-refractivity contribution in [1.29, 1.82) is 0 Å². The second-order valence-electron chi connectivity index (χ2n) is 5.70. The number of hydrogen-bond donors (Lipinski definition) is 2. The van der Waals surface area contributed by atoms with Gasteiger partial charge >= 0.3 is 0 Å². The van der Waals surface area contributed by atoms with E-state index in [1.807, 2.05) is 12.1 Å². The molecule has 0 aliphatic heterocycles. The minimum atomic E-state index is -0.384. The van der Waals surface area contributed by atoms with Gasteiger partial charge in [0.15, 0.2) is 0 Å². The van der Waals surface area contributed by atoms with Crippen molar-refractivity contribution in [3.8, 4) is 0 Å². The summed E-state index contributed by atoms with van der Waals surface area (Å²) in [6.45, 7) is 2.39. The molecule has 0 fully saturated rings. The first-order chi connectivity index (χ1) is 12.6. The van der Waals surface area contributed by atoms with Crippen molar-refractivity contribution in [2.24, 2.45) is 0 Å². The van der Waals surface area contributed by atoms with Gasteiger partial charge in [0.25, 0.3) is 5.91 Å². The molecule has 2 heterocycles. The fourth-order valence-electron chi connectivity index (χ4n) is 2.35. The van der Waals surface area contributed by atoms with Crippen molar-refractivity contribution in [3.05, 3.63) is 83.2 Å². The molecular formula is C19H18FN5O. The van der Waals surface area contributed by atoms with Crippen LogP contribution in [0.3, 0.4) is 0 Å². The lowest BCUT2D eigenvalue weighted by Gasteiger charge is -2.09. The standard InChI is InChI=1S/C19H18FN5O/c1-13-10-17(18(26)22-12-15-4-2-3-5-16(15)20)25-19(24-13)23-11-14-6-8-21-9-7-14/h2-10H,11-12H2,1H3,(H,22,26)(H,23,24,25). The van der Waals surface area contributed by atoms with Crippen LogP contribution in [0.1, 0.15) is 27.3 Å². The Morgan fingerprint density at radius 3 is 2.62 bits per heavy atom. The van der Waals surface area contributed by atoms with Gasteiger partial charge in [-0.25, -0.2) is 14.4 Å². The number of hydrogen-bond acceptors (Lipinski definition) is 5. The molecule has 0 radical (unpaired) electrons. The van der Waals surface area contributed by atoms with Gasteiger partial charge in [0.1, 0.15) is 11.5 Å². The number of nitrogens with one attached hydrogen (secondary N) is 2. The molecule has 0 atom stereocenters. The van der Waals surface area contributed by atoms with Gasteiger partial charge in [-0.1, -0.05) is 18.2 Å². The maximum Gasteiger partial charge on any atom is 0.270 e. The summed E-state index contributed by atoms with van der Waals surface area (Å²) in [6.07, 6.45) is 3.41. The maximum atomic E-state index is 13.6. The second-order valence-corrected chi connectivity index (χ2v) is 5.70. The Labute approximate surface area is 150 Å². The quantitative estimate of drug-likeness (QED) is 0.714. The topological polar surface area (TPSA) is 79.8 Å². The highest BCUT2D eigenvalue weighted by Crippen LogP contribution is 2.09. The monoisotopic (exact) mass is 351 g/mol. The highest BCUT2D eigenvalue weighted by molar-refractivity contribution is 5.92. The molecule has 0 aliphatic rings. The number of carbonyl (C=O) groups is 1. The highest BCUT2D eigenvalue weighted by atomic mass is 19.1. The van der Waals surface area contributed by atoms with Gasteiger partial charge in [0.05, 0.1) is 0 Å². The number of rotatable bonds is 6. The number of anilines is 1. The summed E-state index contributed by atoms with van der Waals surface area (Å²) in [6, 6.07) is 11.7. The number of aromatic nitrogens is 3. The first-order valence-corrected chi connectivity index (χ1v) is 8.12. The van der Waals surface area contributed by atoms with E-state index in [-0.39, 0.29) is 24.0 Å². The molecule has 3 rings (SSSR count). The Bertz CT molecular complexity index is 901. The second kappa shape index (κ2) is 8.15. The summed E-state index contributed by atoms with van der Waals surface area (Å²) >= 11 is 0. The van der Waals surface area contributed by atoms with Crippen LogP contribution in [0.2, 0.25) is 0 Å². The molecule has 132 valence electrons. The minimum Gasteiger partial charge on any atom is -0.350 e. The molecule has 0 spiro atoms. The zero-order valence-electron chi connectivity index (χ0n) is 14.2. The zero-order chi connectivity index (χ0) is 18.4. The molecule has 0 saturated heterocycles. The molecule has 3 aromatic rings. The lowest BCUT2D eigenvalue weighted by molar-refractivity contribution is 0.0945. The van der Waals surface area contributed by atoms with Crippen LogP contribution >= 0.6 is 0 Å². The van der Waals surface area contributed by atoms with Gasteiger partial charge in [-0.2, -0.15) is 0 Å². The molecule has 0 unspecified atom stereocenters. The molecule has 0 aliphatic carbocycles. The Hall–Kier alpha value is -3.35. The Morgan fingerprint density at radius 1 is 1.08 bits per heavy atom. The Balaban J connectivity index is 1.66. The molecule has 0 bridgehead atoms. The highest BCUT2D eigenvalue weighted by Gasteiger charge is 2.11. The normalized spacial score (nSPS) is 10.4. The number of benzene rings is 1. The van der Waals surface area contributed by atoms with Gasteiger partial charge < -0.3 is 10.6 Å². The van der Waals surface area contributed by atoms with Gasteiger partial charge in [-0.15, -0.1) is 0 Å². The van der Waals surface area contributed by atoms with Crippen LogP contribution in [0.25, 0.3) is 0 Å². The molecular weight excluding hydrogens is 333 g/mol. The third-order valence-electron chi connectivity index (χ3n) is 3.68. The molecule has 6 nitrogen and oxygen atoms in total. The summed E-state index contributed by atoms with van der Waals surface area (Å²) in [4.78, 5) is 24.8. The van der Waals surface area contributed by atoms with E-state index in [1.165, 1.54) is 6.07 Å². The molecule has 26 heavy (non-hydrogen) atoms. The minimum absolute atomic E-state index is 0.0916. The van der Waals surface area contributed by atoms with E-state index >= 15 is 0 Å². The maximum absolute atomic E-state index is 13.6. The summed E-state index contributed by atoms with van der Waals surface area (Å²) < 4.78 is 13.6. The summed E-state index contributed by atoms with van der Waals surface area (Å²) in [5, 5.41) is 5.77. The number of halogens is 1. The van der Waals surface area contributed by atoms with E-state index in [1.54, 1.807) is 43.6 Å². The Kier molecular flexibility index (Phi) is 5.48. The van der Waals surface area contributed by atoms with Crippen molar-refractivity contribution in [3.63, 3.8) is 0 Å². The van der Waals surface area contributed by atoms with Crippen LogP contribution in [0.5, 0.6) is 0 Å². The number of pyridine rings is 1. The van der Waals surface area contributed by atoms with Gasteiger partial charge in [-0.3, -0.25) is 9.78 Å². The van der Waals surface area contributed by atoms with Crippen LogP contribution in [0.4, 0.5) is 10.3 Å². The van der Waals surface area contributed by atoms with Crippen LogP contribution < -0.4 is 10.6 Å². The first-order valence-electron chi connectivity index (χ1n) is 8.12. The van der Waals surface area contributed by atoms with Crippen molar-refractivity contribution in [2.45, 2.75) is 20.0 Å². The van der Waals surface area contributed by atoms with Gasteiger partial charge in [-0.05, 0) is 36.8 Å². The fourth-order valence-corrected chi connectivity index (χ4v) is 2.35. The van der Waals surface area contributed by atoms with E-state index in [9.17, 15) is 9.18 Å². The number of carbonyl (C=O) groups excluding carboxylic acids is 1. The first kappa shape index (κ1) is 17.5. The van der Waals surface area contributed by atoms with E-state index in [0.29, 0.717) is 23.8 Å². The average Bonchev–Trinajstić information content (AvgIpc) is 2.66. The van der Waals surface area contributed by atoms with Crippen LogP contribution in [0.15, 0.2) is 54.9 Å². The summed E-state index contributed by atoms with van der Waals surface area (Å²) in [5.41, 5.74) is 2.33. The molecule has 7 heteroatoms. The van der Waals surface area contributed by atoms with Gasteiger partial charge in [0.2, 0.25) is 5.95 Å². The molecule has 0 saturated carbocycles. The number of aryl methyl sites for hydroxylation is 1. The van der Waals surface area contributed by atoms with E-state index in [2.05, 4.69) is 25.6 Å². The number of amides is 1. The van der Waals surface area contributed by atoms with E-state index in [4.69, 9.17) is 0 Å². The molecule has 2 N–H and O–H groups in total. The molecule has 1 amide bonds. The van der Waals surface area contributed by atoms with Crippen molar-refractivity contribution in [2.75, 3.05) is 5.32 Å². The van der Waals surface area contributed by atoms with Gasteiger partial charge in [0, 0.05) is 36.7 Å². The van der Waals surface area contributed by atoms with Crippen LogP contribution in [-0.2, 0) is 13.1 Å². The lowest BCUT2D eigenvalue weighted by atomic mass is 10.2. The summed E-state index contributed by atoms with van der Waals surface area (Å²) in [7, 11) is 0. The number of nitrogens with zero attached hydrogens (tertiary/aromatic N) is 3. The van der Waals surface area contributed by atoms with E-state index < -0.39 is 0 Å². The van der Waals surface area contributed by atoms with Crippen molar-refractivity contribution < 1.29 is 9.18 Å². The predicted octanol–water partition coefficient (Wildman–Crippen LogP) is 2.86. The van der Waals surface area contributed by atoms with Crippen molar-refractivity contribution in [1.82, 2.24) is 20.3 Å². The molecule has 2 aromatic heterocycles. The third kappa shape index (κ3) is 4.60. The summed E-state index contributed by atoms with van der Waals surface area (Å²) in [5.74, 6) is -0.380. The largest absolute Gasteiger partial charge is 0.350 e. The predicted molar refractivity (Wildman–Crippen MR) is 95.9 cm³/mol. The van der Waals surface area contributed by atoms with Crippen molar-refractivity contribution >= 4 is 11.9 Å². The van der Waals surface area contributed by atoms with Crippen LogP contribution in [0, 0.1) is 12.7 Å². The molecule has 1 aromatic carbocycles. The lowest BCUT2D eigenvalue weighted by Crippen LogP contribution is -2.25. The third-order valence-corrected chi connectivity index (χ3v) is 3.68. The zero-order valence-corrected chi connectivity index (χ0v) is 14.2. The SMILES string of the molecule is Cc1cc(C(=O)NCc2ccccc2F)nc(NCc2ccncc2)n1. The van der Waals surface area contributed by atoms with Crippen LogP contribution in [-0.4, -0.2) is 20.9 Å². The average molecular weight is 351 g/mol. The van der Waals surface area contributed by atoms with E-state index in [0.717, 1.165) is 5.56 Å². The smallest absolute Gasteiger partial charge is 0.270 e. The fraction of sp³-hybridized carbons (Fsp3) is 0.158. The Morgan fingerprint density at radius 2 is 1.85 bits per heavy atom.